The summed E-state index contributed by atoms with van der Waals surface area (Å²) in [7, 11) is 0. The molecule has 0 unspecified atom stereocenters. The molecule has 1 fully saturated rings. The van der Waals surface area contributed by atoms with Gasteiger partial charge in [-0.2, -0.15) is 0 Å². The molecule has 24 heavy (non-hydrogen) atoms. The maximum Gasteiger partial charge on any atom is 0.293 e. The number of nitrogens with zero attached hydrogens (tertiary/aromatic N) is 1. The molecule has 1 aliphatic rings. The van der Waals surface area contributed by atoms with Gasteiger partial charge in [0, 0.05) is 5.02 Å². The molecular weight excluding hydrogens is 369 g/mol. The number of benzene rings is 2. The fourth-order valence-corrected chi connectivity index (χ4v) is 3.33. The Balaban J connectivity index is 1.81. The Bertz CT molecular complexity index is 849. The van der Waals surface area contributed by atoms with Crippen LogP contribution in [0.2, 0.25) is 10.0 Å². The van der Waals surface area contributed by atoms with E-state index in [2.05, 4.69) is 0 Å². The summed E-state index contributed by atoms with van der Waals surface area (Å²) in [4.78, 5) is 26.1. The fourth-order valence-electron chi connectivity index (χ4n) is 2.17. The minimum atomic E-state index is -0.357. The molecule has 1 aliphatic heterocycles. The minimum Gasteiger partial charge on any atom is -0.506 e. The normalized spacial score (nSPS) is 16.2. The third-order valence-electron chi connectivity index (χ3n) is 3.40. The van der Waals surface area contributed by atoms with Crippen LogP contribution in [0.3, 0.4) is 0 Å². The third kappa shape index (κ3) is 3.59. The second kappa shape index (κ2) is 6.89. The van der Waals surface area contributed by atoms with Gasteiger partial charge in [0.2, 0.25) is 0 Å². The fraction of sp³-hybridized carbons (Fsp3) is 0.0588. The van der Waals surface area contributed by atoms with Crippen LogP contribution in [-0.4, -0.2) is 21.2 Å². The van der Waals surface area contributed by atoms with Crippen molar-refractivity contribution in [2.75, 3.05) is 0 Å². The van der Waals surface area contributed by atoms with Crippen molar-refractivity contribution in [3.63, 3.8) is 0 Å². The van der Waals surface area contributed by atoms with E-state index in [1.54, 1.807) is 36.4 Å². The van der Waals surface area contributed by atoms with Gasteiger partial charge in [0.1, 0.15) is 5.75 Å². The molecule has 0 aromatic heterocycles. The van der Waals surface area contributed by atoms with Gasteiger partial charge in [-0.1, -0.05) is 41.4 Å². The van der Waals surface area contributed by atoms with Crippen LogP contribution in [0, 0.1) is 0 Å². The molecule has 0 radical (unpaired) electrons. The van der Waals surface area contributed by atoms with Gasteiger partial charge in [0.15, 0.2) is 0 Å². The number of rotatable bonds is 3. The molecular formula is C17H11Cl2NO3S. The molecule has 4 nitrogen and oxygen atoms in total. The Morgan fingerprint density at radius 2 is 1.79 bits per heavy atom. The number of phenolic OH excluding ortho intramolecular Hbond substituents is 1. The number of amides is 2. The molecule has 1 heterocycles. The maximum atomic E-state index is 12.5. The summed E-state index contributed by atoms with van der Waals surface area (Å²) >= 11 is 12.6. The van der Waals surface area contributed by atoms with Crippen LogP contribution in [0.4, 0.5) is 4.79 Å². The number of carbonyl (C=O) groups excluding carboxylic acids is 2. The summed E-state index contributed by atoms with van der Waals surface area (Å²) < 4.78 is 0. The second-order valence-corrected chi connectivity index (χ2v) is 6.94. The highest BCUT2D eigenvalue weighted by Gasteiger charge is 2.34. The lowest BCUT2D eigenvalue weighted by molar-refractivity contribution is -0.123. The zero-order chi connectivity index (χ0) is 17.3. The molecule has 3 rings (SSSR count). The third-order valence-corrected chi connectivity index (χ3v) is 4.86. The van der Waals surface area contributed by atoms with Crippen LogP contribution in [0.25, 0.3) is 6.08 Å². The Morgan fingerprint density at radius 1 is 1.08 bits per heavy atom. The van der Waals surface area contributed by atoms with E-state index in [4.69, 9.17) is 23.2 Å². The van der Waals surface area contributed by atoms with Crippen molar-refractivity contribution in [1.29, 1.82) is 0 Å². The van der Waals surface area contributed by atoms with Gasteiger partial charge in [-0.05, 0) is 53.2 Å². The van der Waals surface area contributed by atoms with Crippen molar-refractivity contribution in [2.45, 2.75) is 6.54 Å². The van der Waals surface area contributed by atoms with Crippen molar-refractivity contribution in [1.82, 2.24) is 4.90 Å². The van der Waals surface area contributed by atoms with Crippen LogP contribution in [0.5, 0.6) is 5.75 Å². The predicted octanol–water partition coefficient (Wildman–Crippen LogP) is 4.94. The van der Waals surface area contributed by atoms with Gasteiger partial charge in [0.25, 0.3) is 11.1 Å². The largest absolute Gasteiger partial charge is 0.506 e. The first-order chi connectivity index (χ1) is 11.4. The van der Waals surface area contributed by atoms with Crippen molar-refractivity contribution in [2.24, 2.45) is 0 Å². The molecule has 0 aliphatic carbocycles. The minimum absolute atomic E-state index is 0.0374. The van der Waals surface area contributed by atoms with E-state index in [0.717, 1.165) is 17.3 Å². The lowest BCUT2D eigenvalue weighted by atomic mass is 10.2. The Kier molecular flexibility index (Phi) is 4.85. The number of phenols is 1. The zero-order valence-corrected chi connectivity index (χ0v) is 14.5. The molecule has 2 aromatic carbocycles. The molecule has 7 heteroatoms. The van der Waals surface area contributed by atoms with Crippen LogP contribution in [0.1, 0.15) is 11.1 Å². The van der Waals surface area contributed by atoms with Gasteiger partial charge in [-0.3, -0.25) is 14.5 Å². The molecule has 1 saturated heterocycles. The van der Waals surface area contributed by atoms with Crippen molar-refractivity contribution < 1.29 is 14.7 Å². The van der Waals surface area contributed by atoms with Crippen molar-refractivity contribution in [3.05, 3.63) is 68.5 Å². The number of carbonyl (C=O) groups is 2. The van der Waals surface area contributed by atoms with E-state index in [1.165, 1.54) is 17.0 Å². The van der Waals surface area contributed by atoms with E-state index in [-0.39, 0.29) is 28.5 Å². The lowest BCUT2D eigenvalue weighted by Gasteiger charge is -2.12. The Hall–Kier alpha value is -1.95. The van der Waals surface area contributed by atoms with Gasteiger partial charge < -0.3 is 5.11 Å². The molecule has 0 bridgehead atoms. The van der Waals surface area contributed by atoms with Crippen LogP contribution < -0.4 is 0 Å². The highest BCUT2D eigenvalue weighted by Crippen LogP contribution is 2.34. The van der Waals surface area contributed by atoms with Crippen molar-refractivity contribution >= 4 is 52.2 Å². The average Bonchev–Trinajstić information content (AvgIpc) is 2.80. The predicted molar refractivity (Wildman–Crippen MR) is 96.1 cm³/mol. The summed E-state index contributed by atoms with van der Waals surface area (Å²) in [6.07, 6.45) is 1.58. The summed E-state index contributed by atoms with van der Waals surface area (Å²) in [5.41, 5.74) is 1.45. The monoisotopic (exact) mass is 379 g/mol. The first-order valence-corrected chi connectivity index (χ1v) is 8.49. The quantitative estimate of drug-likeness (QED) is 0.767. The van der Waals surface area contributed by atoms with Gasteiger partial charge in [-0.25, -0.2) is 0 Å². The van der Waals surface area contributed by atoms with Gasteiger partial charge in [-0.15, -0.1) is 0 Å². The van der Waals surface area contributed by atoms with E-state index >= 15 is 0 Å². The second-order valence-electron chi connectivity index (χ2n) is 5.11. The summed E-state index contributed by atoms with van der Waals surface area (Å²) in [5, 5.41) is 9.88. The number of thioether (sulfide) groups is 1. The van der Waals surface area contributed by atoms with E-state index in [9.17, 15) is 14.7 Å². The Morgan fingerprint density at radius 3 is 2.46 bits per heavy atom. The molecule has 1 N–H and O–H groups in total. The molecule has 2 amide bonds. The number of imide groups is 1. The molecule has 0 spiro atoms. The highest BCUT2D eigenvalue weighted by atomic mass is 35.5. The SMILES string of the molecule is O=C1SC(=Cc2ccc(O)c(Cl)c2)C(=O)N1Cc1ccc(Cl)cc1. The summed E-state index contributed by atoms with van der Waals surface area (Å²) in [6.45, 7) is 0.190. The molecule has 2 aromatic rings. The number of aromatic hydroxyl groups is 1. The van der Waals surface area contributed by atoms with Gasteiger partial charge in [0.05, 0.1) is 16.5 Å². The number of hydrogen-bond acceptors (Lipinski definition) is 4. The summed E-state index contributed by atoms with van der Waals surface area (Å²) in [6, 6.07) is 11.6. The number of halogens is 2. The standard InChI is InChI=1S/C17H11Cl2NO3S/c18-12-4-1-10(2-5-12)9-20-16(22)15(24-17(20)23)8-11-3-6-14(21)13(19)7-11/h1-8,21H,9H2. The smallest absolute Gasteiger partial charge is 0.293 e. The van der Waals surface area contributed by atoms with Crippen LogP contribution in [-0.2, 0) is 11.3 Å². The van der Waals surface area contributed by atoms with Crippen LogP contribution >= 0.6 is 35.0 Å². The first-order valence-electron chi connectivity index (χ1n) is 6.92. The average molecular weight is 380 g/mol. The Labute approximate surface area is 152 Å². The van der Waals surface area contributed by atoms with Gasteiger partial charge >= 0.3 is 0 Å². The molecule has 122 valence electrons. The van der Waals surface area contributed by atoms with E-state index < -0.39 is 0 Å². The zero-order valence-electron chi connectivity index (χ0n) is 12.2. The van der Waals surface area contributed by atoms with E-state index in [1.807, 2.05) is 0 Å². The lowest BCUT2D eigenvalue weighted by Crippen LogP contribution is -2.27. The summed E-state index contributed by atoms with van der Waals surface area (Å²) in [5.74, 6) is -0.395. The maximum absolute atomic E-state index is 12.5. The van der Waals surface area contributed by atoms with Crippen molar-refractivity contribution in [3.8, 4) is 5.75 Å². The molecule has 0 atom stereocenters. The van der Waals surface area contributed by atoms with E-state index in [0.29, 0.717) is 15.5 Å². The number of hydrogen-bond donors (Lipinski definition) is 1. The first kappa shape index (κ1) is 16.9. The highest BCUT2D eigenvalue weighted by molar-refractivity contribution is 8.18. The molecule has 0 saturated carbocycles. The topological polar surface area (TPSA) is 57.6 Å². The van der Waals surface area contributed by atoms with Crippen LogP contribution in [0.15, 0.2) is 47.4 Å².